The van der Waals surface area contributed by atoms with Crippen LogP contribution in [0.2, 0.25) is 0 Å². The average molecular weight is 166 g/mol. The minimum absolute atomic E-state index is 0.0566. The van der Waals surface area contributed by atoms with Gasteiger partial charge in [0, 0.05) is 11.1 Å². The molecule has 3 nitrogen and oxygen atoms in total. The van der Waals surface area contributed by atoms with Gasteiger partial charge in [0.2, 0.25) is 0 Å². The van der Waals surface area contributed by atoms with Gasteiger partial charge in [-0.1, -0.05) is 5.16 Å². The molecule has 1 heterocycles. The predicted molar refractivity (Wildman–Crippen MR) is 45.8 cm³/mol. The molecule has 1 aliphatic carbocycles. The van der Waals surface area contributed by atoms with Crippen molar-refractivity contribution < 1.29 is 4.52 Å². The molecular formula is C9H14N2O. The van der Waals surface area contributed by atoms with E-state index in [1.54, 1.807) is 0 Å². The fourth-order valence-electron chi connectivity index (χ4n) is 1.44. The van der Waals surface area contributed by atoms with Crippen molar-refractivity contribution in [2.75, 3.05) is 0 Å². The number of rotatable bonds is 2. The maximum Gasteiger partial charge on any atom is 0.137 e. The lowest BCUT2D eigenvalue weighted by atomic mass is 10.0. The van der Waals surface area contributed by atoms with E-state index in [0.29, 0.717) is 0 Å². The highest BCUT2D eigenvalue weighted by molar-refractivity contribution is 5.25. The summed E-state index contributed by atoms with van der Waals surface area (Å²) in [6, 6.07) is 0. The second-order valence-corrected chi connectivity index (χ2v) is 3.84. The third kappa shape index (κ3) is 1.25. The number of nitrogens with two attached hydrogens (primary N) is 1. The smallest absolute Gasteiger partial charge is 0.137 e. The zero-order chi connectivity index (χ0) is 8.77. The largest absolute Gasteiger partial charge is 0.361 e. The van der Waals surface area contributed by atoms with Gasteiger partial charge in [0.25, 0.3) is 0 Å². The second-order valence-electron chi connectivity index (χ2n) is 3.84. The molecule has 12 heavy (non-hydrogen) atoms. The SMILES string of the molecule is Cc1noc(C)c1CC1(N)CC1. The molecular weight excluding hydrogens is 152 g/mol. The summed E-state index contributed by atoms with van der Waals surface area (Å²) in [6.07, 6.45) is 3.20. The first-order valence-corrected chi connectivity index (χ1v) is 4.31. The molecule has 2 N–H and O–H groups in total. The molecule has 0 radical (unpaired) electrons. The molecule has 0 spiro atoms. The highest BCUT2D eigenvalue weighted by atomic mass is 16.5. The molecule has 1 aromatic rings. The first kappa shape index (κ1) is 7.80. The molecule has 3 heteroatoms. The van der Waals surface area contributed by atoms with Crippen molar-refractivity contribution in [3.05, 3.63) is 17.0 Å². The minimum Gasteiger partial charge on any atom is -0.361 e. The third-order valence-corrected chi connectivity index (χ3v) is 2.60. The van der Waals surface area contributed by atoms with Gasteiger partial charge in [-0.05, 0) is 33.1 Å². The van der Waals surface area contributed by atoms with Crippen LogP contribution < -0.4 is 5.73 Å². The Morgan fingerprint density at radius 3 is 2.58 bits per heavy atom. The van der Waals surface area contributed by atoms with E-state index < -0.39 is 0 Å². The van der Waals surface area contributed by atoms with E-state index in [-0.39, 0.29) is 5.54 Å². The van der Waals surface area contributed by atoms with Gasteiger partial charge in [0.15, 0.2) is 0 Å². The quantitative estimate of drug-likeness (QED) is 0.721. The number of hydrogen-bond acceptors (Lipinski definition) is 3. The molecule has 0 atom stereocenters. The molecule has 1 aliphatic rings. The van der Waals surface area contributed by atoms with Crippen molar-refractivity contribution in [3.8, 4) is 0 Å². The second kappa shape index (κ2) is 2.33. The maximum absolute atomic E-state index is 6.01. The summed E-state index contributed by atoms with van der Waals surface area (Å²) in [5.74, 6) is 0.921. The van der Waals surface area contributed by atoms with Crippen LogP contribution in [0.3, 0.4) is 0 Å². The number of aryl methyl sites for hydroxylation is 2. The van der Waals surface area contributed by atoms with Crippen molar-refractivity contribution in [2.45, 2.75) is 38.6 Å². The topological polar surface area (TPSA) is 52.0 Å². The van der Waals surface area contributed by atoms with E-state index in [0.717, 1.165) is 30.7 Å². The lowest BCUT2D eigenvalue weighted by Gasteiger charge is -2.06. The molecule has 0 unspecified atom stereocenters. The molecule has 2 rings (SSSR count). The fourth-order valence-corrected chi connectivity index (χ4v) is 1.44. The monoisotopic (exact) mass is 166 g/mol. The van der Waals surface area contributed by atoms with Crippen LogP contribution in [-0.2, 0) is 6.42 Å². The summed E-state index contributed by atoms with van der Waals surface area (Å²) in [4.78, 5) is 0. The van der Waals surface area contributed by atoms with Crippen LogP contribution in [0.1, 0.15) is 29.9 Å². The standard InChI is InChI=1S/C9H14N2O/c1-6-8(7(2)12-11-6)5-9(10)3-4-9/h3-5,10H2,1-2H3. The van der Waals surface area contributed by atoms with Gasteiger partial charge in [-0.25, -0.2) is 0 Å². The summed E-state index contributed by atoms with van der Waals surface area (Å²) in [6.45, 7) is 3.92. The summed E-state index contributed by atoms with van der Waals surface area (Å²) in [5.41, 5.74) is 8.26. The van der Waals surface area contributed by atoms with Crippen LogP contribution in [0, 0.1) is 13.8 Å². The Morgan fingerprint density at radius 2 is 2.17 bits per heavy atom. The zero-order valence-corrected chi connectivity index (χ0v) is 7.55. The lowest BCUT2D eigenvalue weighted by Crippen LogP contribution is -2.24. The van der Waals surface area contributed by atoms with Gasteiger partial charge < -0.3 is 10.3 Å². The summed E-state index contributed by atoms with van der Waals surface area (Å²) >= 11 is 0. The Labute approximate surface area is 71.9 Å². The van der Waals surface area contributed by atoms with Gasteiger partial charge in [0.05, 0.1) is 5.69 Å². The molecule has 0 aromatic carbocycles. The minimum atomic E-state index is 0.0566. The van der Waals surface area contributed by atoms with Gasteiger partial charge >= 0.3 is 0 Å². The number of hydrogen-bond donors (Lipinski definition) is 1. The molecule has 1 fully saturated rings. The van der Waals surface area contributed by atoms with Crippen molar-refractivity contribution >= 4 is 0 Å². The summed E-state index contributed by atoms with van der Waals surface area (Å²) < 4.78 is 5.06. The number of nitrogens with zero attached hydrogens (tertiary/aromatic N) is 1. The van der Waals surface area contributed by atoms with Crippen molar-refractivity contribution in [2.24, 2.45) is 5.73 Å². The number of aromatic nitrogens is 1. The van der Waals surface area contributed by atoms with Crippen molar-refractivity contribution in [3.63, 3.8) is 0 Å². The van der Waals surface area contributed by atoms with Crippen LogP contribution in [0.5, 0.6) is 0 Å². The average Bonchev–Trinajstić information content (AvgIpc) is 2.67. The maximum atomic E-state index is 6.01. The first-order valence-electron chi connectivity index (χ1n) is 4.31. The summed E-state index contributed by atoms with van der Waals surface area (Å²) in [7, 11) is 0. The molecule has 1 saturated carbocycles. The Kier molecular flexibility index (Phi) is 1.51. The van der Waals surface area contributed by atoms with E-state index in [2.05, 4.69) is 5.16 Å². The Hall–Kier alpha value is -0.830. The summed E-state index contributed by atoms with van der Waals surface area (Å²) in [5, 5.41) is 3.90. The normalized spacial score (nSPS) is 19.6. The Bertz CT molecular complexity index is 280. The zero-order valence-electron chi connectivity index (χ0n) is 7.55. The molecule has 0 saturated heterocycles. The molecule has 0 aliphatic heterocycles. The molecule has 0 bridgehead atoms. The lowest BCUT2D eigenvalue weighted by molar-refractivity contribution is 0.391. The molecule has 66 valence electrons. The highest BCUT2D eigenvalue weighted by Crippen LogP contribution is 2.36. The third-order valence-electron chi connectivity index (χ3n) is 2.60. The van der Waals surface area contributed by atoms with E-state index in [9.17, 15) is 0 Å². The van der Waals surface area contributed by atoms with Crippen LogP contribution in [0.15, 0.2) is 4.52 Å². The van der Waals surface area contributed by atoms with E-state index in [4.69, 9.17) is 10.3 Å². The van der Waals surface area contributed by atoms with E-state index >= 15 is 0 Å². The van der Waals surface area contributed by atoms with Crippen molar-refractivity contribution in [1.29, 1.82) is 0 Å². The van der Waals surface area contributed by atoms with Crippen molar-refractivity contribution in [1.82, 2.24) is 5.16 Å². The van der Waals surface area contributed by atoms with Crippen LogP contribution in [0.4, 0.5) is 0 Å². The van der Waals surface area contributed by atoms with Crippen LogP contribution in [-0.4, -0.2) is 10.7 Å². The van der Waals surface area contributed by atoms with Gasteiger partial charge in [-0.15, -0.1) is 0 Å². The Morgan fingerprint density at radius 1 is 1.50 bits per heavy atom. The molecule has 1 aromatic heterocycles. The molecule has 0 amide bonds. The van der Waals surface area contributed by atoms with Gasteiger partial charge in [-0.3, -0.25) is 0 Å². The van der Waals surface area contributed by atoms with E-state index in [1.165, 1.54) is 5.56 Å². The fraction of sp³-hybridized carbons (Fsp3) is 0.667. The van der Waals surface area contributed by atoms with Crippen LogP contribution >= 0.6 is 0 Å². The first-order chi connectivity index (χ1) is 5.61. The van der Waals surface area contributed by atoms with E-state index in [1.807, 2.05) is 13.8 Å². The van der Waals surface area contributed by atoms with Gasteiger partial charge in [-0.2, -0.15) is 0 Å². The van der Waals surface area contributed by atoms with Gasteiger partial charge in [0.1, 0.15) is 5.76 Å². The highest BCUT2D eigenvalue weighted by Gasteiger charge is 2.39. The predicted octanol–water partition coefficient (Wildman–Crippen LogP) is 1.33. The van der Waals surface area contributed by atoms with Crippen LogP contribution in [0.25, 0.3) is 0 Å². The Balaban J connectivity index is 2.21.